The number of rotatable bonds is 4. The van der Waals surface area contributed by atoms with E-state index in [9.17, 15) is 14.3 Å². The third-order valence-electron chi connectivity index (χ3n) is 3.38. The van der Waals surface area contributed by atoms with Gasteiger partial charge in [0.25, 0.3) is 0 Å². The Bertz CT molecular complexity index is 857. The molecule has 0 aliphatic rings. The maximum Gasteiger partial charge on any atom is 0.354 e. The first-order chi connectivity index (χ1) is 11.1. The van der Waals surface area contributed by atoms with Crippen LogP contribution in [0.2, 0.25) is 0 Å². The van der Waals surface area contributed by atoms with Gasteiger partial charge in [0.05, 0.1) is 12.8 Å². The van der Waals surface area contributed by atoms with Crippen LogP contribution in [0.5, 0.6) is 5.75 Å². The Labute approximate surface area is 131 Å². The smallest absolute Gasteiger partial charge is 0.354 e. The number of halogens is 1. The van der Waals surface area contributed by atoms with Gasteiger partial charge in [-0.25, -0.2) is 13.9 Å². The largest absolute Gasteiger partial charge is 0.494 e. The molecule has 0 atom stereocenters. The Morgan fingerprint density at radius 1 is 1.17 bits per heavy atom. The van der Waals surface area contributed by atoms with Gasteiger partial charge in [-0.2, -0.15) is 5.10 Å². The standard InChI is InChI=1S/C17H13FN2O3/c1-23-16-5-3-2-4-14(16)20-15(17(21)22)10-13(19-20)11-6-8-12(18)9-7-11/h2-10H,1H3,(H,21,22). The minimum atomic E-state index is -1.11. The quantitative estimate of drug-likeness (QED) is 0.802. The Morgan fingerprint density at radius 2 is 1.87 bits per heavy atom. The van der Waals surface area contributed by atoms with Crippen molar-refractivity contribution < 1.29 is 19.0 Å². The maximum absolute atomic E-state index is 13.0. The average molecular weight is 312 g/mol. The molecule has 0 spiro atoms. The summed E-state index contributed by atoms with van der Waals surface area (Å²) in [6, 6.07) is 14.1. The average Bonchev–Trinajstić information content (AvgIpc) is 3.01. The summed E-state index contributed by atoms with van der Waals surface area (Å²) >= 11 is 0. The van der Waals surface area contributed by atoms with Crippen molar-refractivity contribution in [3.63, 3.8) is 0 Å². The molecule has 0 fully saturated rings. The van der Waals surface area contributed by atoms with Gasteiger partial charge in [-0.3, -0.25) is 0 Å². The summed E-state index contributed by atoms with van der Waals surface area (Å²) in [6.07, 6.45) is 0. The summed E-state index contributed by atoms with van der Waals surface area (Å²) in [7, 11) is 1.50. The Hall–Kier alpha value is -3.15. The van der Waals surface area contributed by atoms with E-state index in [1.54, 1.807) is 36.4 Å². The summed E-state index contributed by atoms with van der Waals surface area (Å²) in [5.74, 6) is -0.975. The second-order valence-electron chi connectivity index (χ2n) is 4.81. The van der Waals surface area contributed by atoms with E-state index in [0.29, 0.717) is 22.7 Å². The molecule has 0 aliphatic heterocycles. The summed E-state index contributed by atoms with van der Waals surface area (Å²) in [5, 5.41) is 13.8. The normalized spacial score (nSPS) is 10.5. The van der Waals surface area contributed by atoms with Gasteiger partial charge in [-0.15, -0.1) is 0 Å². The number of carboxylic acids is 1. The number of methoxy groups -OCH3 is 1. The molecule has 1 heterocycles. The lowest BCUT2D eigenvalue weighted by Crippen LogP contribution is -2.09. The molecule has 1 N–H and O–H groups in total. The minimum absolute atomic E-state index is 0.00572. The Balaban J connectivity index is 2.17. The lowest BCUT2D eigenvalue weighted by Gasteiger charge is -2.09. The molecule has 116 valence electrons. The number of para-hydroxylation sites is 2. The van der Waals surface area contributed by atoms with Crippen LogP contribution in [0.25, 0.3) is 16.9 Å². The van der Waals surface area contributed by atoms with Crippen LogP contribution in [-0.4, -0.2) is 28.0 Å². The van der Waals surface area contributed by atoms with Crippen LogP contribution in [-0.2, 0) is 0 Å². The highest BCUT2D eigenvalue weighted by Gasteiger charge is 2.18. The SMILES string of the molecule is COc1ccccc1-n1nc(-c2ccc(F)cc2)cc1C(=O)O. The van der Waals surface area contributed by atoms with Crippen LogP contribution in [0.3, 0.4) is 0 Å². The third-order valence-corrected chi connectivity index (χ3v) is 3.38. The number of nitrogens with zero attached hydrogens (tertiary/aromatic N) is 2. The predicted molar refractivity (Wildman–Crippen MR) is 82.5 cm³/mol. The summed E-state index contributed by atoms with van der Waals surface area (Å²) < 4.78 is 19.6. The van der Waals surface area contributed by atoms with Crippen molar-refractivity contribution >= 4 is 5.97 Å². The van der Waals surface area contributed by atoms with E-state index in [1.165, 1.54) is 30.0 Å². The van der Waals surface area contributed by atoms with Gasteiger partial charge in [0.2, 0.25) is 0 Å². The predicted octanol–water partition coefficient (Wildman–Crippen LogP) is 3.39. The molecule has 2 aromatic carbocycles. The van der Waals surface area contributed by atoms with Gasteiger partial charge in [-0.05, 0) is 42.5 Å². The molecule has 1 aromatic heterocycles. The van der Waals surface area contributed by atoms with Crippen LogP contribution in [0.1, 0.15) is 10.5 Å². The molecule has 0 amide bonds. The highest BCUT2D eigenvalue weighted by Crippen LogP contribution is 2.27. The molecule has 0 radical (unpaired) electrons. The maximum atomic E-state index is 13.0. The second-order valence-corrected chi connectivity index (χ2v) is 4.81. The summed E-state index contributed by atoms with van der Waals surface area (Å²) in [4.78, 5) is 11.5. The third kappa shape index (κ3) is 2.78. The number of hydrogen-bond acceptors (Lipinski definition) is 3. The molecule has 0 bridgehead atoms. The number of benzene rings is 2. The first-order valence-corrected chi connectivity index (χ1v) is 6.83. The van der Waals surface area contributed by atoms with Crippen molar-refractivity contribution in [2.24, 2.45) is 0 Å². The monoisotopic (exact) mass is 312 g/mol. The molecule has 3 aromatic rings. The summed E-state index contributed by atoms with van der Waals surface area (Å²) in [5.41, 5.74) is 1.57. The van der Waals surface area contributed by atoms with Crippen molar-refractivity contribution in [1.29, 1.82) is 0 Å². The van der Waals surface area contributed by atoms with Gasteiger partial charge in [-0.1, -0.05) is 12.1 Å². The van der Waals surface area contributed by atoms with Crippen molar-refractivity contribution in [3.8, 4) is 22.7 Å². The number of carbonyl (C=O) groups is 1. The fraction of sp³-hybridized carbons (Fsp3) is 0.0588. The van der Waals surface area contributed by atoms with E-state index in [4.69, 9.17) is 4.74 Å². The molecule has 6 heteroatoms. The zero-order chi connectivity index (χ0) is 16.4. The van der Waals surface area contributed by atoms with Gasteiger partial charge in [0.1, 0.15) is 17.3 Å². The zero-order valence-electron chi connectivity index (χ0n) is 12.2. The van der Waals surface area contributed by atoms with Gasteiger partial charge in [0.15, 0.2) is 5.69 Å². The van der Waals surface area contributed by atoms with Crippen molar-refractivity contribution in [2.75, 3.05) is 7.11 Å². The van der Waals surface area contributed by atoms with Gasteiger partial charge < -0.3 is 9.84 Å². The second kappa shape index (κ2) is 5.92. The lowest BCUT2D eigenvalue weighted by molar-refractivity contribution is 0.0687. The molecule has 0 saturated carbocycles. The van der Waals surface area contributed by atoms with Crippen LogP contribution >= 0.6 is 0 Å². The van der Waals surface area contributed by atoms with Crippen LogP contribution in [0, 0.1) is 5.82 Å². The number of aromatic nitrogens is 2. The van der Waals surface area contributed by atoms with Crippen LogP contribution < -0.4 is 4.74 Å². The van der Waals surface area contributed by atoms with E-state index in [0.717, 1.165) is 0 Å². The molecule has 0 aliphatic carbocycles. The minimum Gasteiger partial charge on any atom is -0.494 e. The molecule has 3 rings (SSSR count). The highest BCUT2D eigenvalue weighted by molar-refractivity contribution is 5.88. The van der Waals surface area contributed by atoms with Crippen molar-refractivity contribution in [3.05, 3.63) is 66.1 Å². The van der Waals surface area contributed by atoms with E-state index in [2.05, 4.69) is 5.10 Å². The Kier molecular flexibility index (Phi) is 3.80. The fourth-order valence-electron chi connectivity index (χ4n) is 2.28. The molecule has 0 saturated heterocycles. The molecule has 0 unspecified atom stereocenters. The molecular weight excluding hydrogens is 299 g/mol. The first-order valence-electron chi connectivity index (χ1n) is 6.83. The Morgan fingerprint density at radius 3 is 2.52 bits per heavy atom. The lowest BCUT2D eigenvalue weighted by atomic mass is 10.1. The van der Waals surface area contributed by atoms with Gasteiger partial charge >= 0.3 is 5.97 Å². The molecule has 23 heavy (non-hydrogen) atoms. The fourth-order valence-corrected chi connectivity index (χ4v) is 2.28. The van der Waals surface area contributed by atoms with E-state index < -0.39 is 5.97 Å². The van der Waals surface area contributed by atoms with Crippen molar-refractivity contribution in [1.82, 2.24) is 9.78 Å². The van der Waals surface area contributed by atoms with E-state index in [1.807, 2.05) is 0 Å². The number of hydrogen-bond donors (Lipinski definition) is 1. The topological polar surface area (TPSA) is 64.4 Å². The number of aromatic carboxylic acids is 1. The van der Waals surface area contributed by atoms with E-state index in [-0.39, 0.29) is 11.5 Å². The van der Waals surface area contributed by atoms with Crippen molar-refractivity contribution in [2.45, 2.75) is 0 Å². The molecule has 5 nitrogen and oxygen atoms in total. The molecular formula is C17H13FN2O3. The van der Waals surface area contributed by atoms with Gasteiger partial charge in [0, 0.05) is 5.56 Å². The first kappa shape index (κ1) is 14.8. The highest BCUT2D eigenvalue weighted by atomic mass is 19.1. The number of carboxylic acid groups (broad SMARTS) is 1. The zero-order valence-corrected chi connectivity index (χ0v) is 12.2. The van der Waals surface area contributed by atoms with E-state index >= 15 is 0 Å². The van der Waals surface area contributed by atoms with Crippen LogP contribution in [0.15, 0.2) is 54.6 Å². The summed E-state index contributed by atoms with van der Waals surface area (Å²) in [6.45, 7) is 0. The number of ether oxygens (including phenoxy) is 1. The van der Waals surface area contributed by atoms with Crippen LogP contribution in [0.4, 0.5) is 4.39 Å².